The highest BCUT2D eigenvalue weighted by Crippen LogP contribution is 2.25. The molecule has 150 valence electrons. The molecule has 3 aromatic rings. The molecular weight excluding hydrogens is 408 g/mol. The van der Waals surface area contributed by atoms with Gasteiger partial charge in [-0.2, -0.15) is 0 Å². The van der Waals surface area contributed by atoms with Crippen molar-refractivity contribution in [1.29, 1.82) is 0 Å². The highest BCUT2D eigenvalue weighted by Gasteiger charge is 2.22. The zero-order chi connectivity index (χ0) is 20.9. The molecule has 0 fully saturated rings. The third kappa shape index (κ3) is 5.12. The number of hydrogen-bond acceptors (Lipinski definition) is 7. The van der Waals surface area contributed by atoms with Crippen LogP contribution in [0.5, 0.6) is 0 Å². The van der Waals surface area contributed by atoms with Gasteiger partial charge >= 0.3 is 0 Å². The van der Waals surface area contributed by atoms with E-state index in [9.17, 15) is 13.2 Å². The average Bonchev–Trinajstić information content (AvgIpc) is 2.73. The number of carbonyl (C=O) groups excluding carboxylic acids is 1. The minimum atomic E-state index is -3.80. The van der Waals surface area contributed by atoms with E-state index in [1.165, 1.54) is 18.3 Å². The van der Waals surface area contributed by atoms with Crippen LogP contribution in [0.25, 0.3) is 0 Å². The van der Waals surface area contributed by atoms with Gasteiger partial charge in [-0.3, -0.25) is 4.79 Å². The van der Waals surface area contributed by atoms with Crippen molar-refractivity contribution in [3.05, 3.63) is 72.4 Å². The molecule has 0 saturated carbocycles. The van der Waals surface area contributed by atoms with Crippen molar-refractivity contribution in [2.24, 2.45) is 0 Å². The molecule has 3 N–H and O–H groups in total. The normalized spacial score (nSPS) is 12.3. The number of hydrogen-bond donors (Lipinski definition) is 2. The fraction of sp³-hybridized carbons (Fsp3) is 0.150. The number of sulfone groups is 1. The van der Waals surface area contributed by atoms with E-state index >= 15 is 0 Å². The fourth-order valence-corrected chi connectivity index (χ4v) is 4.52. The number of nitrogen functional groups attached to an aromatic ring is 1. The molecule has 0 aliphatic rings. The summed E-state index contributed by atoms with van der Waals surface area (Å²) in [4.78, 5) is 20.2. The Balaban J connectivity index is 1.64. The van der Waals surface area contributed by atoms with Gasteiger partial charge in [0, 0.05) is 0 Å². The molecule has 7 nitrogen and oxygen atoms in total. The highest BCUT2D eigenvalue weighted by atomic mass is 32.2. The summed E-state index contributed by atoms with van der Waals surface area (Å²) < 4.78 is 25.3. The molecule has 29 heavy (non-hydrogen) atoms. The summed E-state index contributed by atoms with van der Waals surface area (Å²) in [7, 11) is -3.80. The number of thioether (sulfide) groups is 1. The first-order valence-corrected chi connectivity index (χ1v) is 11.2. The Morgan fingerprint density at radius 3 is 2.34 bits per heavy atom. The van der Waals surface area contributed by atoms with Crippen LogP contribution in [0.2, 0.25) is 0 Å². The second kappa shape index (κ2) is 9.06. The summed E-state index contributed by atoms with van der Waals surface area (Å²) in [6.07, 6.45) is 1.18. The van der Waals surface area contributed by atoms with Crippen LogP contribution < -0.4 is 11.1 Å². The maximum absolute atomic E-state index is 12.7. The van der Waals surface area contributed by atoms with Gasteiger partial charge < -0.3 is 11.1 Å². The van der Waals surface area contributed by atoms with Crippen LogP contribution in [-0.4, -0.2) is 30.0 Å². The van der Waals surface area contributed by atoms with E-state index in [2.05, 4.69) is 15.3 Å². The molecule has 0 saturated heterocycles. The van der Waals surface area contributed by atoms with E-state index in [0.717, 1.165) is 17.3 Å². The second-order valence-electron chi connectivity index (χ2n) is 6.21. The van der Waals surface area contributed by atoms with Gasteiger partial charge in [-0.05, 0) is 24.6 Å². The molecular formula is C20H20N4O3S2. The number of anilines is 1. The molecule has 0 aliphatic heterocycles. The number of amides is 1. The van der Waals surface area contributed by atoms with Crippen molar-refractivity contribution in [1.82, 2.24) is 15.3 Å². The summed E-state index contributed by atoms with van der Waals surface area (Å²) in [6, 6.07) is 17.4. The quantitative estimate of drug-likeness (QED) is 0.439. The lowest BCUT2D eigenvalue weighted by atomic mass is 10.1. The van der Waals surface area contributed by atoms with Gasteiger partial charge in [-0.15, -0.1) is 0 Å². The number of nitrogens with one attached hydrogen (secondary N) is 1. The van der Waals surface area contributed by atoms with E-state index in [1.54, 1.807) is 18.2 Å². The average molecular weight is 429 g/mol. The van der Waals surface area contributed by atoms with Gasteiger partial charge in [0.05, 0.1) is 22.9 Å². The first-order chi connectivity index (χ1) is 13.9. The van der Waals surface area contributed by atoms with Crippen molar-refractivity contribution in [2.75, 3.05) is 11.5 Å². The second-order valence-corrected chi connectivity index (χ2v) is 9.07. The Hall–Kier alpha value is -2.91. The Bertz CT molecular complexity index is 1090. The van der Waals surface area contributed by atoms with Crippen LogP contribution in [0.1, 0.15) is 18.5 Å². The van der Waals surface area contributed by atoms with E-state index in [4.69, 9.17) is 5.73 Å². The van der Waals surface area contributed by atoms with Crippen molar-refractivity contribution >= 4 is 33.3 Å². The minimum absolute atomic E-state index is 0.0847. The molecule has 0 radical (unpaired) electrons. The molecule has 1 heterocycles. The van der Waals surface area contributed by atoms with E-state index in [-0.39, 0.29) is 38.5 Å². The standard InChI is InChI=1S/C20H20N4O3S2/c1-14(15-8-4-2-5-9-15)23-18(25)13-28-20-22-12-17(19(21)24-20)29(26,27)16-10-6-3-7-11-16/h2-12,14H,13H2,1H3,(H,23,25)(H2,21,22,24). The van der Waals surface area contributed by atoms with Crippen LogP contribution in [-0.2, 0) is 14.6 Å². The van der Waals surface area contributed by atoms with E-state index in [0.29, 0.717) is 0 Å². The molecule has 1 aromatic heterocycles. The number of aromatic nitrogens is 2. The molecule has 1 atom stereocenters. The van der Waals surface area contributed by atoms with E-state index in [1.807, 2.05) is 37.3 Å². The molecule has 2 aromatic carbocycles. The van der Waals surface area contributed by atoms with Gasteiger partial charge in [0.2, 0.25) is 15.7 Å². The summed E-state index contributed by atoms with van der Waals surface area (Å²) in [5.74, 6) is -0.250. The van der Waals surface area contributed by atoms with Gasteiger partial charge in [-0.25, -0.2) is 18.4 Å². The Labute approximate surface area is 173 Å². The van der Waals surface area contributed by atoms with Crippen LogP contribution in [0.15, 0.2) is 81.8 Å². The number of rotatable bonds is 7. The predicted octanol–water partition coefficient (Wildman–Crippen LogP) is 2.86. The maximum atomic E-state index is 12.7. The summed E-state index contributed by atoms with van der Waals surface area (Å²) in [5.41, 5.74) is 6.87. The Morgan fingerprint density at radius 1 is 1.10 bits per heavy atom. The van der Waals surface area contributed by atoms with Gasteiger partial charge in [0.25, 0.3) is 0 Å². The van der Waals surface area contributed by atoms with Crippen LogP contribution in [0, 0.1) is 0 Å². The van der Waals surface area contributed by atoms with Gasteiger partial charge in [0.1, 0.15) is 10.7 Å². The lowest BCUT2D eigenvalue weighted by molar-refractivity contribution is -0.119. The lowest BCUT2D eigenvalue weighted by Gasteiger charge is -2.14. The molecule has 1 unspecified atom stereocenters. The minimum Gasteiger partial charge on any atom is -0.382 e. The van der Waals surface area contributed by atoms with Crippen molar-refractivity contribution < 1.29 is 13.2 Å². The van der Waals surface area contributed by atoms with Gasteiger partial charge in [0.15, 0.2) is 5.16 Å². The summed E-state index contributed by atoms with van der Waals surface area (Å²) in [6.45, 7) is 1.90. The largest absolute Gasteiger partial charge is 0.382 e. The third-order valence-electron chi connectivity index (χ3n) is 4.11. The topological polar surface area (TPSA) is 115 Å². The van der Waals surface area contributed by atoms with Crippen LogP contribution in [0.4, 0.5) is 5.82 Å². The number of nitrogens with two attached hydrogens (primary N) is 1. The molecule has 3 rings (SSSR count). The van der Waals surface area contributed by atoms with Crippen LogP contribution in [0.3, 0.4) is 0 Å². The Kier molecular flexibility index (Phi) is 6.50. The summed E-state index contributed by atoms with van der Waals surface area (Å²) in [5, 5.41) is 3.13. The predicted molar refractivity (Wildman–Crippen MR) is 112 cm³/mol. The van der Waals surface area contributed by atoms with Crippen molar-refractivity contribution in [2.45, 2.75) is 27.9 Å². The lowest BCUT2D eigenvalue weighted by Crippen LogP contribution is -2.28. The zero-order valence-corrected chi connectivity index (χ0v) is 17.3. The first-order valence-electron chi connectivity index (χ1n) is 8.77. The monoisotopic (exact) mass is 428 g/mol. The van der Waals surface area contributed by atoms with Crippen molar-refractivity contribution in [3.63, 3.8) is 0 Å². The first kappa shape index (κ1) is 20.8. The van der Waals surface area contributed by atoms with Gasteiger partial charge in [-0.1, -0.05) is 60.3 Å². The van der Waals surface area contributed by atoms with Crippen molar-refractivity contribution in [3.8, 4) is 0 Å². The molecule has 1 amide bonds. The number of benzene rings is 2. The highest BCUT2D eigenvalue weighted by molar-refractivity contribution is 7.99. The van der Waals surface area contributed by atoms with E-state index < -0.39 is 9.84 Å². The molecule has 0 bridgehead atoms. The maximum Gasteiger partial charge on any atom is 0.230 e. The smallest absolute Gasteiger partial charge is 0.230 e. The van der Waals surface area contributed by atoms with Crippen LogP contribution >= 0.6 is 11.8 Å². The fourth-order valence-electron chi connectivity index (χ4n) is 2.61. The summed E-state index contributed by atoms with van der Waals surface area (Å²) >= 11 is 1.09. The molecule has 0 aliphatic carbocycles. The molecule has 0 spiro atoms. The number of carbonyl (C=O) groups is 1. The molecule has 9 heteroatoms. The Morgan fingerprint density at radius 2 is 1.72 bits per heavy atom. The zero-order valence-electron chi connectivity index (χ0n) is 15.6. The third-order valence-corrected chi connectivity index (χ3v) is 6.76. The number of nitrogens with zero attached hydrogens (tertiary/aromatic N) is 2. The SMILES string of the molecule is CC(NC(=O)CSc1ncc(S(=O)(=O)c2ccccc2)c(N)n1)c1ccccc1.